The SMILES string of the molecule is CC(C)(C)n1cnc(NC(=O)N2CCC[C@@H](c3ncc(C(F)(F)F)[nH]3)C2)n1. The molecule has 0 aliphatic carbocycles. The van der Waals surface area contributed by atoms with Gasteiger partial charge in [-0.25, -0.2) is 19.4 Å². The maximum Gasteiger partial charge on any atom is 0.432 e. The minimum atomic E-state index is -4.46. The van der Waals surface area contributed by atoms with Crippen molar-refractivity contribution < 1.29 is 18.0 Å². The van der Waals surface area contributed by atoms with Crippen LogP contribution in [0.4, 0.5) is 23.9 Å². The van der Waals surface area contributed by atoms with Crippen LogP contribution in [0.15, 0.2) is 12.5 Å². The lowest BCUT2D eigenvalue weighted by Crippen LogP contribution is -2.42. The van der Waals surface area contributed by atoms with Crippen molar-refractivity contribution in [3.63, 3.8) is 0 Å². The van der Waals surface area contributed by atoms with Crippen molar-refractivity contribution in [3.8, 4) is 0 Å². The van der Waals surface area contributed by atoms with Crippen LogP contribution in [0.25, 0.3) is 0 Å². The number of halogens is 3. The molecule has 148 valence electrons. The van der Waals surface area contributed by atoms with Crippen LogP contribution in [-0.2, 0) is 11.7 Å². The first-order valence-corrected chi connectivity index (χ1v) is 8.64. The van der Waals surface area contributed by atoms with Gasteiger partial charge in [-0.1, -0.05) is 0 Å². The van der Waals surface area contributed by atoms with Gasteiger partial charge >= 0.3 is 12.2 Å². The number of nitrogens with one attached hydrogen (secondary N) is 2. The number of anilines is 1. The van der Waals surface area contributed by atoms with E-state index in [9.17, 15) is 18.0 Å². The molecule has 0 aromatic carbocycles. The van der Waals surface area contributed by atoms with E-state index in [1.165, 1.54) is 6.33 Å². The number of hydrogen-bond acceptors (Lipinski definition) is 4. The quantitative estimate of drug-likeness (QED) is 0.831. The molecule has 2 aromatic heterocycles. The van der Waals surface area contributed by atoms with Crippen molar-refractivity contribution in [2.75, 3.05) is 18.4 Å². The van der Waals surface area contributed by atoms with Gasteiger partial charge in [-0.15, -0.1) is 5.10 Å². The number of H-pyrrole nitrogens is 1. The predicted octanol–water partition coefficient (Wildman–Crippen LogP) is 3.19. The third kappa shape index (κ3) is 4.40. The lowest BCUT2D eigenvalue weighted by molar-refractivity contribution is -0.141. The number of hydrogen-bond donors (Lipinski definition) is 2. The molecule has 1 aliphatic heterocycles. The molecule has 2 amide bonds. The molecule has 3 rings (SSSR count). The number of aromatic amines is 1. The number of alkyl halides is 3. The van der Waals surface area contributed by atoms with Crippen LogP contribution in [0.1, 0.15) is 51.0 Å². The summed E-state index contributed by atoms with van der Waals surface area (Å²) in [6.07, 6.45) is -0.808. The summed E-state index contributed by atoms with van der Waals surface area (Å²) in [5.74, 6) is 0.157. The Morgan fingerprint density at radius 1 is 1.30 bits per heavy atom. The third-order valence-electron chi connectivity index (χ3n) is 4.39. The Hall–Kier alpha value is -2.59. The zero-order valence-electron chi connectivity index (χ0n) is 15.3. The van der Waals surface area contributed by atoms with E-state index in [1.807, 2.05) is 20.8 Å². The highest BCUT2D eigenvalue weighted by atomic mass is 19.4. The number of carbonyl (C=O) groups excluding carboxylic acids is 1. The Labute approximate surface area is 154 Å². The van der Waals surface area contributed by atoms with Crippen molar-refractivity contribution in [3.05, 3.63) is 24.0 Å². The van der Waals surface area contributed by atoms with Crippen molar-refractivity contribution >= 4 is 12.0 Å². The normalized spacial score (nSPS) is 18.6. The highest BCUT2D eigenvalue weighted by molar-refractivity contribution is 5.87. The van der Waals surface area contributed by atoms with Gasteiger partial charge in [0.05, 0.1) is 11.7 Å². The summed E-state index contributed by atoms with van der Waals surface area (Å²) < 4.78 is 39.9. The standard InChI is InChI=1S/C16H22F3N7O/c1-15(2,3)26-9-21-13(24-26)23-14(27)25-6-4-5-10(8-25)12-20-7-11(22-12)16(17,18)19/h7,9-10H,4-6,8H2,1-3H3,(H,20,22)(H,23,24,27)/t10-/m1/s1. The zero-order valence-corrected chi connectivity index (χ0v) is 15.3. The highest BCUT2D eigenvalue weighted by Gasteiger charge is 2.35. The molecule has 0 unspecified atom stereocenters. The minimum absolute atomic E-state index is 0.189. The number of likely N-dealkylation sites (tertiary alicyclic amines) is 1. The highest BCUT2D eigenvalue weighted by Crippen LogP contribution is 2.31. The number of nitrogens with zero attached hydrogens (tertiary/aromatic N) is 5. The molecule has 1 saturated heterocycles. The van der Waals surface area contributed by atoms with Crippen LogP contribution in [-0.4, -0.2) is 48.8 Å². The molecule has 3 heterocycles. The summed E-state index contributed by atoms with van der Waals surface area (Å²) in [5.41, 5.74) is -1.14. The molecule has 27 heavy (non-hydrogen) atoms. The smallest absolute Gasteiger partial charge is 0.338 e. The van der Waals surface area contributed by atoms with Gasteiger partial charge in [-0.3, -0.25) is 5.32 Å². The Morgan fingerprint density at radius 3 is 2.63 bits per heavy atom. The Bertz CT molecular complexity index is 806. The van der Waals surface area contributed by atoms with Crippen molar-refractivity contribution in [2.24, 2.45) is 0 Å². The molecule has 1 aliphatic rings. The Kier molecular flexibility index (Phi) is 4.87. The van der Waals surface area contributed by atoms with Crippen LogP contribution in [0, 0.1) is 0 Å². The van der Waals surface area contributed by atoms with Crippen molar-refractivity contribution in [1.29, 1.82) is 0 Å². The first kappa shape index (κ1) is 19.2. The van der Waals surface area contributed by atoms with E-state index in [4.69, 9.17) is 0 Å². The summed E-state index contributed by atoms with van der Waals surface area (Å²) >= 11 is 0. The second-order valence-electron chi connectivity index (χ2n) is 7.58. The average Bonchev–Trinajstić information content (AvgIpc) is 3.23. The van der Waals surface area contributed by atoms with E-state index in [0.29, 0.717) is 19.4 Å². The molecule has 0 radical (unpaired) electrons. The predicted molar refractivity (Wildman–Crippen MR) is 91.2 cm³/mol. The monoisotopic (exact) mass is 385 g/mol. The molecule has 1 fully saturated rings. The third-order valence-corrected chi connectivity index (χ3v) is 4.39. The van der Waals surface area contributed by atoms with E-state index in [0.717, 1.165) is 6.20 Å². The van der Waals surface area contributed by atoms with Gasteiger partial charge in [0.25, 0.3) is 0 Å². The van der Waals surface area contributed by atoms with Crippen molar-refractivity contribution in [2.45, 2.75) is 51.2 Å². The molecule has 11 heteroatoms. The maximum atomic E-state index is 12.7. The van der Waals surface area contributed by atoms with Gasteiger partial charge in [0.1, 0.15) is 17.8 Å². The zero-order chi connectivity index (χ0) is 19.8. The van der Waals surface area contributed by atoms with Gasteiger partial charge < -0.3 is 9.88 Å². The lowest BCUT2D eigenvalue weighted by Gasteiger charge is -2.31. The van der Waals surface area contributed by atoms with E-state index in [2.05, 4.69) is 25.4 Å². The summed E-state index contributed by atoms with van der Waals surface area (Å²) in [6, 6.07) is -0.381. The summed E-state index contributed by atoms with van der Waals surface area (Å²) in [6.45, 7) is 6.66. The fourth-order valence-electron chi connectivity index (χ4n) is 2.89. The van der Waals surface area contributed by atoms with E-state index >= 15 is 0 Å². The topological polar surface area (TPSA) is 91.7 Å². The number of carbonyl (C=O) groups is 1. The number of urea groups is 1. The average molecular weight is 385 g/mol. The van der Waals surface area contributed by atoms with Gasteiger partial charge in [0.15, 0.2) is 0 Å². The molecule has 1 atom stereocenters. The number of rotatable bonds is 2. The first-order chi connectivity index (χ1) is 12.5. The van der Waals surface area contributed by atoms with Crippen LogP contribution in [0.5, 0.6) is 0 Å². The number of imidazole rings is 1. The summed E-state index contributed by atoms with van der Waals surface area (Å²) in [4.78, 5) is 24.3. The van der Waals surface area contributed by atoms with Gasteiger partial charge in [-0.05, 0) is 33.6 Å². The summed E-state index contributed by atoms with van der Waals surface area (Å²) in [5, 5.41) is 6.87. The second-order valence-corrected chi connectivity index (χ2v) is 7.58. The maximum absolute atomic E-state index is 12.7. The largest absolute Gasteiger partial charge is 0.432 e. The summed E-state index contributed by atoms with van der Waals surface area (Å²) in [7, 11) is 0. The molecule has 0 saturated carbocycles. The molecular weight excluding hydrogens is 363 g/mol. The fourth-order valence-corrected chi connectivity index (χ4v) is 2.89. The molecule has 0 spiro atoms. The van der Waals surface area contributed by atoms with E-state index < -0.39 is 11.9 Å². The van der Waals surface area contributed by atoms with Gasteiger partial charge in [0.2, 0.25) is 5.95 Å². The van der Waals surface area contributed by atoms with Crippen molar-refractivity contribution in [1.82, 2.24) is 29.6 Å². The molecule has 0 bridgehead atoms. The fraction of sp³-hybridized carbons (Fsp3) is 0.625. The second kappa shape index (κ2) is 6.86. The molecule has 2 N–H and O–H groups in total. The lowest BCUT2D eigenvalue weighted by atomic mass is 9.98. The number of aromatic nitrogens is 5. The van der Waals surface area contributed by atoms with Gasteiger partial charge in [0, 0.05) is 19.0 Å². The first-order valence-electron chi connectivity index (χ1n) is 8.64. The van der Waals surface area contributed by atoms with Gasteiger partial charge in [-0.2, -0.15) is 13.2 Å². The molecule has 8 nitrogen and oxygen atoms in total. The van der Waals surface area contributed by atoms with E-state index in [1.54, 1.807) is 9.58 Å². The number of piperidine rings is 1. The van der Waals surface area contributed by atoms with E-state index in [-0.39, 0.29) is 35.8 Å². The van der Waals surface area contributed by atoms with Crippen LogP contribution < -0.4 is 5.32 Å². The molecular formula is C16H22F3N7O. The molecule has 2 aromatic rings. The van der Waals surface area contributed by atoms with Crippen LogP contribution >= 0.6 is 0 Å². The number of amides is 2. The minimum Gasteiger partial charge on any atom is -0.338 e. The van der Waals surface area contributed by atoms with Crippen LogP contribution in [0.2, 0.25) is 0 Å². The Morgan fingerprint density at radius 2 is 2.04 bits per heavy atom. The van der Waals surface area contributed by atoms with Crippen LogP contribution in [0.3, 0.4) is 0 Å². The Balaban J connectivity index is 1.64.